The molecule has 0 heterocycles. The molecule has 0 aliphatic rings. The van der Waals surface area contributed by atoms with E-state index in [1.54, 1.807) is 0 Å². The van der Waals surface area contributed by atoms with Crippen LogP contribution in [0.1, 0.15) is 16.0 Å². The zero-order valence-corrected chi connectivity index (χ0v) is 12.5. The molecule has 0 N–H and O–H groups in total. The van der Waals surface area contributed by atoms with Crippen molar-refractivity contribution in [3.8, 4) is 0 Å². The first kappa shape index (κ1) is 12.7. The number of alkyl halides is 1. The zero-order chi connectivity index (χ0) is 13.2. The molecule has 0 nitrogen and oxygen atoms in total. The highest BCUT2D eigenvalue weighted by Crippen LogP contribution is 2.35. The lowest BCUT2D eigenvalue weighted by Gasteiger charge is -2.13. The highest BCUT2D eigenvalue weighted by molar-refractivity contribution is 9.09. The Labute approximate surface area is 126 Å². The van der Waals surface area contributed by atoms with E-state index < -0.39 is 0 Å². The van der Waals surface area contributed by atoms with E-state index >= 15 is 0 Å². The number of hydrogen-bond acceptors (Lipinski definition) is 0. The van der Waals surface area contributed by atoms with Crippen molar-refractivity contribution < 1.29 is 0 Å². The maximum absolute atomic E-state index is 5.94. The molecule has 94 valence electrons. The molecule has 3 aromatic rings. The van der Waals surface area contributed by atoms with Crippen molar-refractivity contribution in [2.75, 3.05) is 0 Å². The van der Waals surface area contributed by atoms with Gasteiger partial charge in [-0.2, -0.15) is 0 Å². The number of benzene rings is 3. The van der Waals surface area contributed by atoms with Crippen LogP contribution in [0.5, 0.6) is 0 Å². The quantitative estimate of drug-likeness (QED) is 0.507. The van der Waals surface area contributed by atoms with Gasteiger partial charge < -0.3 is 0 Å². The molecule has 0 aliphatic carbocycles. The zero-order valence-electron chi connectivity index (χ0n) is 10.2. The molecule has 0 fully saturated rings. The van der Waals surface area contributed by atoms with Gasteiger partial charge in [-0.1, -0.05) is 82.1 Å². The average molecular weight is 332 g/mol. The monoisotopic (exact) mass is 330 g/mol. The fraction of sp³-hybridized carbons (Fsp3) is 0.0588. The Hall–Kier alpha value is -1.31. The van der Waals surface area contributed by atoms with Crippen LogP contribution in [0, 0.1) is 0 Å². The van der Waals surface area contributed by atoms with Gasteiger partial charge in [-0.05, 0) is 34.0 Å². The van der Waals surface area contributed by atoms with Gasteiger partial charge in [0.2, 0.25) is 0 Å². The van der Waals surface area contributed by atoms with Gasteiger partial charge >= 0.3 is 0 Å². The van der Waals surface area contributed by atoms with E-state index in [4.69, 9.17) is 11.6 Å². The van der Waals surface area contributed by atoms with Crippen molar-refractivity contribution in [2.24, 2.45) is 0 Å². The van der Waals surface area contributed by atoms with E-state index in [0.29, 0.717) is 0 Å². The molecule has 0 bridgehead atoms. The highest BCUT2D eigenvalue weighted by atomic mass is 79.9. The van der Waals surface area contributed by atoms with Crippen molar-refractivity contribution in [3.05, 3.63) is 82.9 Å². The van der Waals surface area contributed by atoms with Gasteiger partial charge in [0.25, 0.3) is 0 Å². The summed E-state index contributed by atoms with van der Waals surface area (Å²) in [5, 5.41) is 3.31. The Kier molecular flexibility index (Phi) is 3.58. The lowest BCUT2D eigenvalue weighted by atomic mass is 9.98. The Bertz CT molecular complexity index is 699. The standard InChI is InChI=1S/C17H12BrCl/c18-17(13-8-10-14(19)11-9-13)16-7-3-5-12-4-1-2-6-15(12)16/h1-11,17H. The molecule has 0 amide bonds. The summed E-state index contributed by atoms with van der Waals surface area (Å²) < 4.78 is 0. The third-order valence-electron chi connectivity index (χ3n) is 3.26. The lowest BCUT2D eigenvalue weighted by Crippen LogP contribution is -1.93. The summed E-state index contributed by atoms with van der Waals surface area (Å²) in [6, 6.07) is 22.8. The molecule has 1 unspecified atom stereocenters. The molecule has 19 heavy (non-hydrogen) atoms. The molecule has 2 heteroatoms. The van der Waals surface area contributed by atoms with Gasteiger partial charge in [-0.15, -0.1) is 0 Å². The average Bonchev–Trinajstić information content (AvgIpc) is 2.47. The van der Waals surface area contributed by atoms with Crippen molar-refractivity contribution in [1.82, 2.24) is 0 Å². The fourth-order valence-electron chi connectivity index (χ4n) is 2.28. The maximum Gasteiger partial charge on any atom is 0.0650 e. The van der Waals surface area contributed by atoms with E-state index in [1.807, 2.05) is 12.1 Å². The summed E-state index contributed by atoms with van der Waals surface area (Å²) in [6.07, 6.45) is 0. The van der Waals surface area contributed by atoms with E-state index in [1.165, 1.54) is 21.9 Å². The maximum atomic E-state index is 5.94. The Morgan fingerprint density at radius 3 is 2.26 bits per heavy atom. The largest absolute Gasteiger partial charge is 0.0843 e. The molecule has 0 aromatic heterocycles. The van der Waals surface area contributed by atoms with Crippen molar-refractivity contribution in [3.63, 3.8) is 0 Å². The van der Waals surface area contributed by atoms with Crippen LogP contribution in [-0.2, 0) is 0 Å². The summed E-state index contributed by atoms with van der Waals surface area (Å²) >= 11 is 9.74. The predicted octanol–water partition coefficient (Wildman–Crippen LogP) is 5.98. The van der Waals surface area contributed by atoms with Crippen LogP contribution in [0.4, 0.5) is 0 Å². The first-order chi connectivity index (χ1) is 9.25. The molecular formula is C17H12BrCl. The van der Waals surface area contributed by atoms with E-state index in [0.717, 1.165) is 5.02 Å². The summed E-state index contributed by atoms with van der Waals surface area (Å²) in [5.74, 6) is 0. The fourth-order valence-corrected chi connectivity index (χ4v) is 3.11. The van der Waals surface area contributed by atoms with Gasteiger partial charge in [-0.3, -0.25) is 0 Å². The second-order valence-corrected chi connectivity index (χ2v) is 5.83. The minimum absolute atomic E-state index is 0.177. The molecule has 0 aliphatic heterocycles. The third-order valence-corrected chi connectivity index (χ3v) is 4.53. The number of fused-ring (bicyclic) bond motifs is 1. The summed E-state index contributed by atoms with van der Waals surface area (Å²) in [6.45, 7) is 0. The normalized spacial score (nSPS) is 12.5. The SMILES string of the molecule is Clc1ccc(C(Br)c2cccc3ccccc23)cc1. The minimum atomic E-state index is 0.177. The van der Waals surface area contributed by atoms with Crippen LogP contribution < -0.4 is 0 Å². The van der Waals surface area contributed by atoms with Gasteiger partial charge in [0, 0.05) is 5.02 Å². The van der Waals surface area contributed by atoms with E-state index in [-0.39, 0.29) is 4.83 Å². The third kappa shape index (κ3) is 2.54. The van der Waals surface area contributed by atoms with Crippen molar-refractivity contribution in [2.45, 2.75) is 4.83 Å². The van der Waals surface area contributed by atoms with E-state index in [9.17, 15) is 0 Å². The second kappa shape index (κ2) is 5.36. The van der Waals surface area contributed by atoms with Crippen molar-refractivity contribution >= 4 is 38.3 Å². The van der Waals surface area contributed by atoms with Crippen LogP contribution in [0.2, 0.25) is 5.02 Å². The number of rotatable bonds is 2. The Morgan fingerprint density at radius 2 is 1.47 bits per heavy atom. The van der Waals surface area contributed by atoms with Gasteiger partial charge in [0.05, 0.1) is 4.83 Å². The summed E-state index contributed by atoms with van der Waals surface area (Å²) in [5.41, 5.74) is 2.49. The predicted molar refractivity (Wildman–Crippen MR) is 86.2 cm³/mol. The first-order valence-electron chi connectivity index (χ1n) is 6.13. The molecule has 0 saturated carbocycles. The summed E-state index contributed by atoms with van der Waals surface area (Å²) in [7, 11) is 0. The smallest absolute Gasteiger partial charge is 0.0650 e. The number of halogens is 2. The number of hydrogen-bond donors (Lipinski definition) is 0. The molecular weight excluding hydrogens is 320 g/mol. The van der Waals surface area contributed by atoms with Gasteiger partial charge in [0.1, 0.15) is 0 Å². The Balaban J connectivity index is 2.11. The first-order valence-corrected chi connectivity index (χ1v) is 7.42. The van der Waals surface area contributed by atoms with Crippen molar-refractivity contribution in [1.29, 1.82) is 0 Å². The van der Waals surface area contributed by atoms with Gasteiger partial charge in [-0.25, -0.2) is 0 Å². The van der Waals surface area contributed by atoms with Crippen LogP contribution in [-0.4, -0.2) is 0 Å². The molecule has 3 rings (SSSR count). The van der Waals surface area contributed by atoms with E-state index in [2.05, 4.69) is 70.5 Å². The molecule has 1 atom stereocenters. The highest BCUT2D eigenvalue weighted by Gasteiger charge is 2.12. The van der Waals surface area contributed by atoms with Crippen LogP contribution in [0.3, 0.4) is 0 Å². The van der Waals surface area contributed by atoms with Crippen LogP contribution in [0.15, 0.2) is 66.7 Å². The second-order valence-electron chi connectivity index (χ2n) is 4.48. The topological polar surface area (TPSA) is 0 Å². The minimum Gasteiger partial charge on any atom is -0.0843 e. The lowest BCUT2D eigenvalue weighted by molar-refractivity contribution is 1.20. The van der Waals surface area contributed by atoms with Crippen LogP contribution in [0.25, 0.3) is 10.8 Å². The molecule has 3 aromatic carbocycles. The molecule has 0 spiro atoms. The van der Waals surface area contributed by atoms with Gasteiger partial charge in [0.15, 0.2) is 0 Å². The molecule has 0 saturated heterocycles. The molecule has 0 radical (unpaired) electrons. The summed E-state index contributed by atoms with van der Waals surface area (Å²) in [4.78, 5) is 0.177. The Morgan fingerprint density at radius 1 is 0.789 bits per heavy atom. The van der Waals surface area contributed by atoms with Crippen LogP contribution >= 0.6 is 27.5 Å².